The van der Waals surface area contributed by atoms with Crippen LogP contribution in [0.15, 0.2) is 28.7 Å². The van der Waals surface area contributed by atoms with Crippen LogP contribution in [0.25, 0.3) is 11.7 Å². The van der Waals surface area contributed by atoms with E-state index < -0.39 is 5.91 Å². The Kier molecular flexibility index (Phi) is 4.97. The third kappa shape index (κ3) is 3.55. The van der Waals surface area contributed by atoms with E-state index in [4.69, 9.17) is 15.5 Å². The number of aromatic nitrogens is 2. The Morgan fingerprint density at radius 3 is 2.67 bits per heavy atom. The van der Waals surface area contributed by atoms with Gasteiger partial charge in [0.25, 0.3) is 11.5 Å². The molecule has 0 spiro atoms. The van der Waals surface area contributed by atoms with Gasteiger partial charge in [-0.05, 0) is 38.5 Å². The summed E-state index contributed by atoms with van der Waals surface area (Å²) in [5.41, 5.74) is 6.14. The van der Waals surface area contributed by atoms with E-state index in [1.807, 2.05) is 31.7 Å². The summed E-state index contributed by atoms with van der Waals surface area (Å²) in [4.78, 5) is 31.3. The van der Waals surface area contributed by atoms with E-state index >= 15 is 0 Å². The first-order chi connectivity index (χ1) is 12.8. The van der Waals surface area contributed by atoms with E-state index in [0.717, 1.165) is 5.56 Å². The van der Waals surface area contributed by atoms with Crippen molar-refractivity contribution in [3.05, 3.63) is 45.4 Å². The van der Waals surface area contributed by atoms with Crippen LogP contribution in [0.1, 0.15) is 25.0 Å². The highest BCUT2D eigenvalue weighted by atomic mass is 16.5. The zero-order valence-electron chi connectivity index (χ0n) is 15.5. The highest BCUT2D eigenvalue weighted by Crippen LogP contribution is 2.24. The lowest BCUT2D eigenvalue weighted by molar-refractivity contribution is -0.114. The maximum absolute atomic E-state index is 13.1. The monoisotopic (exact) mass is 367 g/mol. The van der Waals surface area contributed by atoms with Gasteiger partial charge in [-0.3, -0.25) is 14.0 Å². The number of aryl methyl sites for hydroxylation is 1. The summed E-state index contributed by atoms with van der Waals surface area (Å²) in [5.74, 6) is -0.466. The SMILES string of the molecule is Cc1cccn2c(=O)c(C=C(C#N)C(N)=O)c(N3CC(C)OC(C)C3)nc12. The number of nitrogens with two attached hydrogens (primary N) is 1. The lowest BCUT2D eigenvalue weighted by atomic mass is 10.1. The number of hydrogen-bond acceptors (Lipinski definition) is 6. The molecule has 3 rings (SSSR count). The molecule has 2 N–H and O–H groups in total. The number of hydrogen-bond donors (Lipinski definition) is 1. The topological polar surface area (TPSA) is 114 Å². The zero-order chi connectivity index (χ0) is 19.7. The van der Waals surface area contributed by atoms with E-state index in [2.05, 4.69) is 0 Å². The third-order valence-corrected chi connectivity index (χ3v) is 4.46. The number of carbonyl (C=O) groups excluding carboxylic acids is 1. The van der Waals surface area contributed by atoms with Gasteiger partial charge in [0, 0.05) is 19.3 Å². The van der Waals surface area contributed by atoms with E-state index in [1.54, 1.807) is 18.3 Å². The summed E-state index contributed by atoms with van der Waals surface area (Å²) in [7, 11) is 0. The number of anilines is 1. The van der Waals surface area contributed by atoms with Crippen molar-refractivity contribution in [3.8, 4) is 6.07 Å². The highest BCUT2D eigenvalue weighted by Gasteiger charge is 2.27. The molecule has 1 fully saturated rings. The Hall–Kier alpha value is -3.18. The van der Waals surface area contributed by atoms with Crippen LogP contribution in [0, 0.1) is 18.3 Å². The number of nitriles is 1. The second-order valence-electron chi connectivity index (χ2n) is 6.74. The Balaban J connectivity index is 2.31. The number of rotatable bonds is 3. The van der Waals surface area contributed by atoms with Crippen molar-refractivity contribution in [2.45, 2.75) is 33.0 Å². The minimum atomic E-state index is -0.888. The predicted molar refractivity (Wildman–Crippen MR) is 101 cm³/mol. The van der Waals surface area contributed by atoms with Crippen LogP contribution in [0.5, 0.6) is 0 Å². The number of nitrogens with zero attached hydrogens (tertiary/aromatic N) is 4. The zero-order valence-corrected chi connectivity index (χ0v) is 15.5. The van der Waals surface area contributed by atoms with Crippen LogP contribution < -0.4 is 16.2 Å². The van der Waals surface area contributed by atoms with Gasteiger partial charge in [0.1, 0.15) is 23.1 Å². The molecule has 3 heterocycles. The summed E-state index contributed by atoms with van der Waals surface area (Å²) in [6, 6.07) is 5.37. The Morgan fingerprint density at radius 1 is 1.41 bits per heavy atom. The molecule has 27 heavy (non-hydrogen) atoms. The van der Waals surface area contributed by atoms with Gasteiger partial charge in [0.2, 0.25) is 0 Å². The van der Waals surface area contributed by atoms with Crippen molar-refractivity contribution in [2.24, 2.45) is 5.73 Å². The Morgan fingerprint density at radius 2 is 2.07 bits per heavy atom. The lowest BCUT2D eigenvalue weighted by Gasteiger charge is -2.36. The number of amides is 1. The van der Waals surface area contributed by atoms with Crippen LogP contribution in [0.4, 0.5) is 5.82 Å². The molecule has 0 aromatic carbocycles. The summed E-state index contributed by atoms with van der Waals surface area (Å²) in [6.45, 7) is 6.84. The first kappa shape index (κ1) is 18.6. The molecule has 1 saturated heterocycles. The molecule has 8 nitrogen and oxygen atoms in total. The van der Waals surface area contributed by atoms with Crippen molar-refractivity contribution in [2.75, 3.05) is 18.0 Å². The predicted octanol–water partition coefficient (Wildman–Crippen LogP) is 1.01. The summed E-state index contributed by atoms with van der Waals surface area (Å²) >= 11 is 0. The number of fused-ring (bicyclic) bond motifs is 1. The van der Waals surface area contributed by atoms with Crippen molar-refractivity contribution >= 4 is 23.4 Å². The molecule has 0 radical (unpaired) electrons. The molecule has 8 heteroatoms. The standard InChI is InChI=1S/C19H21N5O3/c1-11-5-4-6-24-17(11)22-18(23-9-12(2)27-13(3)10-23)15(19(24)26)7-14(8-20)16(21)25/h4-7,12-13H,9-10H2,1-3H3,(H2,21,25). The van der Waals surface area contributed by atoms with E-state index in [1.165, 1.54) is 10.5 Å². The van der Waals surface area contributed by atoms with E-state index in [9.17, 15) is 14.9 Å². The molecule has 1 amide bonds. The first-order valence-corrected chi connectivity index (χ1v) is 8.65. The summed E-state index contributed by atoms with van der Waals surface area (Å²) in [6.07, 6.45) is 2.75. The molecule has 140 valence electrons. The van der Waals surface area contributed by atoms with Crippen LogP contribution in [0.3, 0.4) is 0 Å². The minimum Gasteiger partial charge on any atom is -0.372 e. The number of carbonyl (C=O) groups is 1. The Labute approximate surface area is 156 Å². The fourth-order valence-electron chi connectivity index (χ4n) is 3.32. The molecular weight excluding hydrogens is 346 g/mol. The van der Waals surface area contributed by atoms with Gasteiger partial charge in [0.05, 0.1) is 17.8 Å². The second-order valence-corrected chi connectivity index (χ2v) is 6.74. The molecule has 0 bridgehead atoms. The first-order valence-electron chi connectivity index (χ1n) is 8.65. The quantitative estimate of drug-likeness (QED) is 0.640. The Bertz CT molecular complexity index is 1020. The van der Waals surface area contributed by atoms with Gasteiger partial charge in [-0.15, -0.1) is 0 Å². The summed E-state index contributed by atoms with van der Waals surface area (Å²) in [5, 5.41) is 9.21. The number of ether oxygens (including phenoxy) is 1. The number of primary amides is 1. The van der Waals surface area contributed by atoms with Gasteiger partial charge in [-0.1, -0.05) is 6.07 Å². The molecule has 1 aliphatic rings. The number of pyridine rings is 1. The molecule has 2 aromatic heterocycles. The number of morpholine rings is 1. The highest BCUT2D eigenvalue weighted by molar-refractivity contribution is 6.01. The third-order valence-electron chi connectivity index (χ3n) is 4.46. The van der Waals surface area contributed by atoms with Crippen LogP contribution in [-0.4, -0.2) is 40.6 Å². The van der Waals surface area contributed by atoms with Crippen LogP contribution >= 0.6 is 0 Å². The van der Waals surface area contributed by atoms with Crippen molar-refractivity contribution in [3.63, 3.8) is 0 Å². The molecule has 0 saturated carbocycles. The van der Waals surface area contributed by atoms with Gasteiger partial charge in [-0.25, -0.2) is 4.98 Å². The van der Waals surface area contributed by atoms with Gasteiger partial charge >= 0.3 is 0 Å². The minimum absolute atomic E-state index is 0.0470. The molecule has 2 unspecified atom stereocenters. The smallest absolute Gasteiger partial charge is 0.267 e. The van der Waals surface area contributed by atoms with Crippen molar-refractivity contribution in [1.29, 1.82) is 5.26 Å². The molecule has 0 aliphatic carbocycles. The van der Waals surface area contributed by atoms with Gasteiger partial charge in [0.15, 0.2) is 0 Å². The fourth-order valence-corrected chi connectivity index (χ4v) is 3.32. The molecular formula is C19H21N5O3. The lowest BCUT2D eigenvalue weighted by Crippen LogP contribution is -2.46. The maximum atomic E-state index is 13.1. The van der Waals surface area contributed by atoms with Gasteiger partial charge in [-0.2, -0.15) is 5.26 Å². The van der Waals surface area contributed by atoms with Crippen molar-refractivity contribution < 1.29 is 9.53 Å². The van der Waals surface area contributed by atoms with Crippen LogP contribution in [-0.2, 0) is 9.53 Å². The summed E-state index contributed by atoms with van der Waals surface area (Å²) < 4.78 is 7.18. The van der Waals surface area contributed by atoms with Gasteiger partial charge < -0.3 is 15.4 Å². The van der Waals surface area contributed by atoms with Crippen LogP contribution in [0.2, 0.25) is 0 Å². The average molecular weight is 367 g/mol. The average Bonchev–Trinajstić information content (AvgIpc) is 2.60. The molecule has 2 atom stereocenters. The molecule has 2 aromatic rings. The van der Waals surface area contributed by atoms with Crippen molar-refractivity contribution in [1.82, 2.24) is 9.38 Å². The van der Waals surface area contributed by atoms with E-state index in [-0.39, 0.29) is 28.9 Å². The van der Waals surface area contributed by atoms with E-state index in [0.29, 0.717) is 24.6 Å². The fraction of sp³-hybridized carbons (Fsp3) is 0.368. The second kappa shape index (κ2) is 7.21. The normalized spacial score (nSPS) is 20.5. The molecule has 1 aliphatic heterocycles. The largest absolute Gasteiger partial charge is 0.372 e. The maximum Gasteiger partial charge on any atom is 0.267 e.